The number of benzene rings is 3. The fourth-order valence-electron chi connectivity index (χ4n) is 3.35. The van der Waals surface area contributed by atoms with Crippen molar-refractivity contribution in [2.45, 2.75) is 25.7 Å². The highest BCUT2D eigenvalue weighted by Crippen LogP contribution is 2.32. The van der Waals surface area contributed by atoms with Gasteiger partial charge in [-0.25, -0.2) is 0 Å². The molecule has 3 aromatic rings. The monoisotopic (exact) mass is 284 g/mol. The molecule has 0 aromatic heterocycles. The number of hydrogen-bond donors (Lipinski definition) is 0. The number of rotatable bonds is 0. The van der Waals surface area contributed by atoms with E-state index in [1.54, 1.807) is 0 Å². The molecule has 0 heteroatoms. The summed E-state index contributed by atoms with van der Waals surface area (Å²) in [4.78, 5) is 0. The lowest BCUT2D eigenvalue weighted by molar-refractivity contribution is 0.734. The second-order valence-electron chi connectivity index (χ2n) is 6.15. The first-order valence-corrected chi connectivity index (χ1v) is 8.18. The Kier molecular flexibility index (Phi) is 3.52. The average Bonchev–Trinajstić information content (AvgIpc) is 2.60. The lowest BCUT2D eigenvalue weighted by Crippen LogP contribution is -1.92. The van der Waals surface area contributed by atoms with Crippen molar-refractivity contribution >= 4 is 0 Å². The Hall–Kier alpha value is -2.34. The molecule has 7 rings (SSSR count). The normalized spacial score (nSPS) is 13.6. The van der Waals surface area contributed by atoms with E-state index < -0.39 is 0 Å². The molecular weight excluding hydrogens is 264 g/mol. The minimum absolute atomic E-state index is 1.18. The highest BCUT2D eigenvalue weighted by atomic mass is 14.1. The second-order valence-corrected chi connectivity index (χ2v) is 6.15. The van der Waals surface area contributed by atoms with Crippen molar-refractivity contribution in [3.63, 3.8) is 0 Å². The summed E-state index contributed by atoms with van der Waals surface area (Å²) in [7, 11) is 0. The molecule has 0 spiro atoms. The second kappa shape index (κ2) is 5.81. The fraction of sp³-hybridized carbons (Fsp3) is 0.182. The molecule has 0 N–H and O–H groups in total. The van der Waals surface area contributed by atoms with E-state index in [-0.39, 0.29) is 0 Å². The highest BCUT2D eigenvalue weighted by molar-refractivity contribution is 5.83. The summed E-state index contributed by atoms with van der Waals surface area (Å²) in [6.07, 6.45) is 4.88. The molecule has 0 amide bonds. The van der Waals surface area contributed by atoms with Crippen molar-refractivity contribution in [3.05, 3.63) is 83.9 Å². The molecule has 0 fully saturated rings. The fourth-order valence-corrected chi connectivity index (χ4v) is 3.35. The molecule has 0 radical (unpaired) electrons. The Bertz CT molecular complexity index is 695. The third-order valence-electron chi connectivity index (χ3n) is 4.64. The Balaban J connectivity index is 1.90. The van der Waals surface area contributed by atoms with Gasteiger partial charge < -0.3 is 0 Å². The van der Waals surface area contributed by atoms with Crippen molar-refractivity contribution in [1.82, 2.24) is 0 Å². The van der Waals surface area contributed by atoms with Crippen LogP contribution in [0.4, 0.5) is 0 Å². The first-order valence-electron chi connectivity index (χ1n) is 8.18. The van der Waals surface area contributed by atoms with Crippen molar-refractivity contribution in [2.75, 3.05) is 0 Å². The van der Waals surface area contributed by atoms with E-state index in [1.807, 2.05) is 0 Å². The van der Waals surface area contributed by atoms with Crippen LogP contribution in [0.5, 0.6) is 0 Å². The van der Waals surface area contributed by atoms with Crippen molar-refractivity contribution in [3.8, 4) is 22.3 Å². The minimum atomic E-state index is 1.18. The first kappa shape index (κ1) is 13.3. The molecular formula is C22H20. The maximum absolute atomic E-state index is 2.29. The summed E-state index contributed by atoms with van der Waals surface area (Å²) in [5, 5.41) is 0. The Morgan fingerprint density at radius 2 is 0.864 bits per heavy atom. The van der Waals surface area contributed by atoms with E-state index in [0.29, 0.717) is 0 Å². The zero-order chi connectivity index (χ0) is 14.8. The SMILES string of the molecule is c1ccc2c(c1)-c1ccc(cc1)CCCCc1ccc-2cc1. The van der Waals surface area contributed by atoms with Gasteiger partial charge in [0.05, 0.1) is 0 Å². The van der Waals surface area contributed by atoms with Crippen LogP contribution < -0.4 is 0 Å². The van der Waals surface area contributed by atoms with E-state index in [4.69, 9.17) is 0 Å². The molecule has 0 nitrogen and oxygen atoms in total. The summed E-state index contributed by atoms with van der Waals surface area (Å²) < 4.78 is 0. The van der Waals surface area contributed by atoms with Crippen LogP contribution in [0, 0.1) is 0 Å². The van der Waals surface area contributed by atoms with Gasteiger partial charge in [-0.05, 0) is 59.1 Å². The van der Waals surface area contributed by atoms with Gasteiger partial charge in [0.1, 0.15) is 0 Å². The Morgan fingerprint density at radius 1 is 0.455 bits per heavy atom. The van der Waals surface area contributed by atoms with Crippen LogP contribution in [-0.4, -0.2) is 0 Å². The maximum atomic E-state index is 2.29. The van der Waals surface area contributed by atoms with Crippen molar-refractivity contribution < 1.29 is 0 Å². The summed E-state index contributed by atoms with van der Waals surface area (Å²) >= 11 is 0. The van der Waals surface area contributed by atoms with Crippen LogP contribution in [0.25, 0.3) is 22.3 Å². The van der Waals surface area contributed by atoms with E-state index in [2.05, 4.69) is 72.8 Å². The standard InChI is InChI=1S/C22H20/c1-2-6-18-11-15-20(16-12-18)22-8-4-3-7-21(22)19-13-9-17(5-1)10-14-19/h3-4,7-16H,1-2,5-6H2. The summed E-state index contributed by atoms with van der Waals surface area (Å²) in [5.41, 5.74) is 8.15. The van der Waals surface area contributed by atoms with Crippen LogP contribution in [0.15, 0.2) is 72.8 Å². The lowest BCUT2D eigenvalue weighted by Gasteiger charge is -2.13. The van der Waals surface area contributed by atoms with E-state index in [0.717, 1.165) is 0 Å². The van der Waals surface area contributed by atoms with E-state index in [9.17, 15) is 0 Å². The summed E-state index contributed by atoms with van der Waals surface area (Å²) in [6, 6.07) is 27.0. The van der Waals surface area contributed by atoms with Crippen LogP contribution in [0.3, 0.4) is 0 Å². The van der Waals surface area contributed by atoms with Gasteiger partial charge in [-0.2, -0.15) is 0 Å². The molecule has 3 aromatic carbocycles. The largest absolute Gasteiger partial charge is 0.0616 e. The third-order valence-corrected chi connectivity index (χ3v) is 4.64. The van der Waals surface area contributed by atoms with Gasteiger partial charge in [-0.15, -0.1) is 0 Å². The van der Waals surface area contributed by atoms with E-state index in [1.165, 1.54) is 59.1 Å². The summed E-state index contributed by atoms with van der Waals surface area (Å²) in [5.74, 6) is 0. The van der Waals surface area contributed by atoms with Gasteiger partial charge in [0, 0.05) is 0 Å². The molecule has 0 saturated carbocycles. The van der Waals surface area contributed by atoms with Crippen molar-refractivity contribution in [1.29, 1.82) is 0 Å². The van der Waals surface area contributed by atoms with Crippen molar-refractivity contribution in [2.24, 2.45) is 0 Å². The predicted octanol–water partition coefficient (Wildman–Crippen LogP) is 5.90. The molecule has 0 unspecified atom stereocenters. The van der Waals surface area contributed by atoms with Gasteiger partial charge in [-0.3, -0.25) is 0 Å². The van der Waals surface area contributed by atoms with Crippen LogP contribution in [-0.2, 0) is 12.8 Å². The first-order chi connectivity index (χ1) is 10.9. The summed E-state index contributed by atoms with van der Waals surface area (Å²) in [6.45, 7) is 0. The molecule has 0 aliphatic heterocycles. The third kappa shape index (κ3) is 2.57. The molecule has 4 aliphatic rings. The topological polar surface area (TPSA) is 0 Å². The predicted molar refractivity (Wildman–Crippen MR) is 94.0 cm³/mol. The molecule has 0 atom stereocenters. The van der Waals surface area contributed by atoms with Crippen LogP contribution in [0.2, 0.25) is 0 Å². The zero-order valence-electron chi connectivity index (χ0n) is 12.8. The minimum Gasteiger partial charge on any atom is -0.0616 e. The molecule has 108 valence electrons. The smallest absolute Gasteiger partial charge is 0.0105 e. The van der Waals surface area contributed by atoms with Crippen LogP contribution in [0.1, 0.15) is 24.0 Å². The van der Waals surface area contributed by atoms with Gasteiger partial charge in [0.25, 0.3) is 0 Å². The van der Waals surface area contributed by atoms with Gasteiger partial charge >= 0.3 is 0 Å². The molecule has 0 saturated heterocycles. The molecule has 22 heavy (non-hydrogen) atoms. The molecule has 0 heterocycles. The molecule has 4 aliphatic carbocycles. The van der Waals surface area contributed by atoms with E-state index >= 15 is 0 Å². The number of aryl methyl sites for hydroxylation is 2. The van der Waals surface area contributed by atoms with Gasteiger partial charge in [0.2, 0.25) is 0 Å². The van der Waals surface area contributed by atoms with Gasteiger partial charge in [0.15, 0.2) is 0 Å². The number of hydrogen-bond acceptors (Lipinski definition) is 0. The van der Waals surface area contributed by atoms with Crippen LogP contribution >= 0.6 is 0 Å². The van der Waals surface area contributed by atoms with Gasteiger partial charge in [-0.1, -0.05) is 72.8 Å². The zero-order valence-corrected chi connectivity index (χ0v) is 12.8. The highest BCUT2D eigenvalue weighted by Gasteiger charge is 2.08. The Morgan fingerprint density at radius 3 is 1.27 bits per heavy atom. The quantitative estimate of drug-likeness (QED) is 0.482. The lowest BCUT2D eigenvalue weighted by atomic mass is 9.92. The average molecular weight is 284 g/mol. The maximum Gasteiger partial charge on any atom is -0.0105 e. The Labute approximate surface area is 132 Å². The molecule has 4 bridgehead atoms.